The molecule has 1 aromatic carbocycles. The minimum Gasteiger partial charge on any atom is -0.477 e. The van der Waals surface area contributed by atoms with Crippen LogP contribution in [0.1, 0.15) is 61.1 Å². The van der Waals surface area contributed by atoms with E-state index in [1.165, 1.54) is 10.8 Å². The molecule has 5 aromatic rings. The Kier molecular flexibility index (Phi) is 8.29. The van der Waals surface area contributed by atoms with E-state index in [1.807, 2.05) is 30.3 Å². The first-order valence-electron chi connectivity index (χ1n) is 14.9. The molecule has 0 spiro atoms. The summed E-state index contributed by atoms with van der Waals surface area (Å²) in [5, 5.41) is 48.0. The Morgan fingerprint density at radius 3 is 2.43 bits per heavy atom. The maximum Gasteiger partial charge on any atom is 0.377 e. The van der Waals surface area contributed by atoms with Gasteiger partial charge in [-0.3, -0.25) is 14.5 Å². The van der Waals surface area contributed by atoms with Crippen molar-refractivity contribution in [3.8, 4) is 0 Å². The monoisotopic (exact) mass is 631 g/mol. The molecule has 0 bridgehead atoms. The van der Waals surface area contributed by atoms with Gasteiger partial charge >= 0.3 is 23.7 Å². The Labute approximate surface area is 261 Å². The zero-order valence-corrected chi connectivity index (χ0v) is 24.8. The number of ether oxygens (including phenoxy) is 1. The third kappa shape index (κ3) is 6.33. The number of benzene rings is 1. The van der Waals surface area contributed by atoms with E-state index in [2.05, 4.69) is 32.4 Å². The number of hydrogen-bond donors (Lipinski definition) is 6. The van der Waals surface area contributed by atoms with Gasteiger partial charge in [0, 0.05) is 12.1 Å². The van der Waals surface area contributed by atoms with E-state index in [1.54, 1.807) is 18.2 Å². The van der Waals surface area contributed by atoms with E-state index in [9.17, 15) is 29.7 Å². The number of esters is 1. The number of carbonyl (C=O) groups is 2. The number of anilines is 2. The molecule has 46 heavy (non-hydrogen) atoms. The Bertz CT molecular complexity index is 1950. The number of aromatic carboxylic acids is 1. The predicted molar refractivity (Wildman–Crippen MR) is 164 cm³/mol. The molecule has 240 valence electrons. The summed E-state index contributed by atoms with van der Waals surface area (Å²) >= 11 is 0. The number of H-pyrrole nitrogens is 1. The first-order valence-corrected chi connectivity index (χ1v) is 14.9. The number of imidazole rings is 1. The summed E-state index contributed by atoms with van der Waals surface area (Å²) in [7, 11) is 0. The molecule has 0 radical (unpaired) electrons. The second-order valence-corrected chi connectivity index (χ2v) is 11.6. The number of hydrogen-bond acceptors (Lipinski definition) is 11. The van der Waals surface area contributed by atoms with Crippen molar-refractivity contribution in [1.82, 2.24) is 29.3 Å². The Morgan fingerprint density at radius 1 is 1.07 bits per heavy atom. The highest BCUT2D eigenvalue weighted by Crippen LogP contribution is 2.38. The molecule has 15 heteroatoms. The van der Waals surface area contributed by atoms with Crippen molar-refractivity contribution in [2.75, 3.05) is 5.32 Å². The van der Waals surface area contributed by atoms with E-state index in [0.29, 0.717) is 39.6 Å². The van der Waals surface area contributed by atoms with Crippen molar-refractivity contribution < 1.29 is 34.8 Å². The topological polar surface area (TPSA) is 218 Å². The molecule has 2 aliphatic carbocycles. The molecule has 2 fully saturated rings. The number of aromatic nitrogens is 6. The summed E-state index contributed by atoms with van der Waals surface area (Å²) in [6, 6.07) is 14.3. The lowest BCUT2D eigenvalue weighted by atomic mass is 10.2. The van der Waals surface area contributed by atoms with Crippen LogP contribution < -0.4 is 11.0 Å². The van der Waals surface area contributed by atoms with E-state index in [-0.39, 0.29) is 34.8 Å². The van der Waals surface area contributed by atoms with Gasteiger partial charge < -0.3 is 30.5 Å². The number of pyridine rings is 2. The van der Waals surface area contributed by atoms with Crippen molar-refractivity contribution in [3.05, 3.63) is 76.5 Å². The van der Waals surface area contributed by atoms with Crippen LogP contribution in [-0.4, -0.2) is 61.7 Å². The summed E-state index contributed by atoms with van der Waals surface area (Å²) in [4.78, 5) is 44.0. The maximum absolute atomic E-state index is 12.9. The summed E-state index contributed by atoms with van der Waals surface area (Å²) in [6.07, 6.45) is 2.25. The van der Waals surface area contributed by atoms with Crippen LogP contribution in [0.3, 0.4) is 0 Å². The van der Waals surface area contributed by atoms with Crippen molar-refractivity contribution in [3.63, 3.8) is 0 Å². The number of rotatable bonds is 8. The molecule has 2 aliphatic rings. The van der Waals surface area contributed by atoms with Gasteiger partial charge in [0.05, 0.1) is 28.5 Å². The standard InChI is InChI=1S/C19H19N7O6.C12H14O2/c27-17(28)15-10-5-6-13(22-16(10)24-23-15)21-14-7-11-12(8-20-14)26(19(30,31)32)18(29)25(11)9-3-1-2-4-9;1-9-7-11(9)12(13)14-8-10-5-3-2-4-6-10/h5-9,30-32H,1-4H2,(H,27,28)(H2,20,21,22,23,24);2-6,9,11H,7-8H2,1H3. The smallest absolute Gasteiger partial charge is 0.377 e. The second-order valence-electron chi connectivity index (χ2n) is 11.6. The number of carboxylic acids is 1. The second kappa shape index (κ2) is 12.3. The highest BCUT2D eigenvalue weighted by Gasteiger charge is 2.40. The number of carbonyl (C=O) groups excluding carboxylic acids is 1. The van der Waals surface area contributed by atoms with Crippen molar-refractivity contribution >= 4 is 45.6 Å². The van der Waals surface area contributed by atoms with Gasteiger partial charge in [-0.25, -0.2) is 24.1 Å². The number of aromatic amines is 1. The molecule has 7 rings (SSSR count). The summed E-state index contributed by atoms with van der Waals surface area (Å²) in [5.74, 6) is 0.145. The lowest BCUT2D eigenvalue weighted by Gasteiger charge is -2.15. The number of carboxylic acid groups (broad SMARTS) is 1. The van der Waals surface area contributed by atoms with Gasteiger partial charge in [0.1, 0.15) is 18.2 Å². The highest BCUT2D eigenvalue weighted by molar-refractivity contribution is 6.00. The lowest BCUT2D eigenvalue weighted by Crippen LogP contribution is -2.41. The molecule has 0 amide bonds. The third-order valence-corrected chi connectivity index (χ3v) is 8.27. The average Bonchev–Trinajstić information content (AvgIpc) is 3.36. The van der Waals surface area contributed by atoms with Crippen molar-refractivity contribution in [2.45, 2.75) is 57.8 Å². The SMILES string of the molecule is CC1CC1C(=O)OCc1ccccc1.O=C(O)c1[nH]nc2nc(Nc3cc4c(cn3)n(C(O)(O)O)c(=O)n4C3CCCC3)ccc12. The van der Waals surface area contributed by atoms with Crippen molar-refractivity contribution in [2.24, 2.45) is 11.8 Å². The van der Waals surface area contributed by atoms with Gasteiger partial charge in [-0.15, -0.1) is 0 Å². The quantitative estimate of drug-likeness (QED) is 0.108. The first-order chi connectivity index (χ1) is 22.0. The number of nitrogens with one attached hydrogen (secondary N) is 2. The van der Waals surface area contributed by atoms with Crippen LogP contribution in [0, 0.1) is 11.8 Å². The first kappa shape index (κ1) is 30.9. The van der Waals surface area contributed by atoms with Crippen molar-refractivity contribution in [1.29, 1.82) is 0 Å². The Balaban J connectivity index is 0.000000221. The van der Waals surface area contributed by atoms with Gasteiger partial charge in [0.25, 0.3) is 0 Å². The molecule has 2 unspecified atom stereocenters. The van der Waals surface area contributed by atoms with Gasteiger partial charge in [-0.05, 0) is 42.9 Å². The Hall–Kier alpha value is -5.12. The predicted octanol–water partition coefficient (Wildman–Crippen LogP) is 2.96. The van der Waals surface area contributed by atoms with Crippen LogP contribution in [-0.2, 0) is 22.2 Å². The van der Waals surface area contributed by atoms with Gasteiger partial charge in [0.15, 0.2) is 11.3 Å². The molecular weight excluding hydrogens is 598 g/mol. The van der Waals surface area contributed by atoms with E-state index in [0.717, 1.165) is 37.7 Å². The van der Waals surface area contributed by atoms with E-state index < -0.39 is 17.8 Å². The van der Waals surface area contributed by atoms with Gasteiger partial charge in [-0.2, -0.15) is 5.10 Å². The average molecular weight is 632 g/mol. The largest absolute Gasteiger partial charge is 0.477 e. The molecule has 2 saturated carbocycles. The van der Waals surface area contributed by atoms with Crippen LogP contribution in [0.5, 0.6) is 0 Å². The van der Waals surface area contributed by atoms with Crippen LogP contribution in [0.15, 0.2) is 59.5 Å². The van der Waals surface area contributed by atoms with Crippen LogP contribution in [0.25, 0.3) is 22.1 Å². The maximum atomic E-state index is 12.9. The van der Waals surface area contributed by atoms with Crippen LogP contribution in [0.4, 0.5) is 11.6 Å². The lowest BCUT2D eigenvalue weighted by molar-refractivity contribution is -0.374. The molecule has 4 heterocycles. The summed E-state index contributed by atoms with van der Waals surface area (Å²) < 4.78 is 7.11. The number of nitrogens with zero attached hydrogens (tertiary/aromatic N) is 5. The number of aliphatic hydroxyl groups is 3. The summed E-state index contributed by atoms with van der Waals surface area (Å²) in [5.41, 5.74) is 0.857. The fraction of sp³-hybridized carbons (Fsp3) is 0.355. The zero-order valence-electron chi connectivity index (χ0n) is 24.8. The molecule has 6 N–H and O–H groups in total. The van der Waals surface area contributed by atoms with Gasteiger partial charge in [-0.1, -0.05) is 50.1 Å². The van der Waals surface area contributed by atoms with E-state index in [4.69, 9.17) is 9.84 Å². The molecule has 2 atom stereocenters. The highest BCUT2D eigenvalue weighted by atomic mass is 16.7. The minimum atomic E-state index is -3.37. The fourth-order valence-corrected chi connectivity index (χ4v) is 5.74. The fourth-order valence-electron chi connectivity index (χ4n) is 5.74. The molecule has 0 aliphatic heterocycles. The van der Waals surface area contributed by atoms with Crippen LogP contribution in [0.2, 0.25) is 0 Å². The third-order valence-electron chi connectivity index (χ3n) is 8.27. The van der Waals surface area contributed by atoms with Crippen LogP contribution >= 0.6 is 0 Å². The molecular formula is C31H33N7O8. The molecule has 15 nitrogen and oxygen atoms in total. The normalized spacial score (nSPS) is 17.9. The zero-order chi connectivity index (χ0) is 32.6. The minimum absolute atomic E-state index is 0.0404. The molecule has 4 aromatic heterocycles. The Morgan fingerprint density at radius 2 is 1.78 bits per heavy atom. The number of fused-ring (bicyclic) bond motifs is 2. The van der Waals surface area contributed by atoms with Gasteiger partial charge in [0.2, 0.25) is 0 Å². The van der Waals surface area contributed by atoms with E-state index >= 15 is 0 Å². The molecule has 0 saturated heterocycles. The summed E-state index contributed by atoms with van der Waals surface area (Å²) in [6.45, 7) is 2.48.